The highest BCUT2D eigenvalue weighted by molar-refractivity contribution is 6.02. The molecule has 1 aliphatic rings. The molecule has 0 radical (unpaired) electrons. The minimum atomic E-state index is -1.15. The van der Waals surface area contributed by atoms with Gasteiger partial charge in [-0.1, -0.05) is 32.0 Å². The van der Waals surface area contributed by atoms with Crippen LogP contribution in [0.5, 0.6) is 0 Å². The van der Waals surface area contributed by atoms with Crippen molar-refractivity contribution in [3.8, 4) is 0 Å². The lowest BCUT2D eigenvalue weighted by atomic mass is 9.88. The van der Waals surface area contributed by atoms with Crippen LogP contribution >= 0.6 is 0 Å². The molecule has 1 N–H and O–H groups in total. The van der Waals surface area contributed by atoms with Crippen molar-refractivity contribution in [3.63, 3.8) is 0 Å². The highest BCUT2D eigenvalue weighted by Crippen LogP contribution is 2.37. The normalized spacial score (nSPS) is 20.5. The number of ether oxygens (including phenoxy) is 1. The molecule has 1 aromatic rings. The van der Waals surface area contributed by atoms with Gasteiger partial charge >= 0.3 is 5.97 Å². The Balaban J connectivity index is 0.00000116. The maximum Gasteiger partial charge on any atom is 0.316 e. The number of hydrogen-bond acceptors (Lipinski definition) is 4. The van der Waals surface area contributed by atoms with Gasteiger partial charge in [0.05, 0.1) is 13.7 Å². The van der Waals surface area contributed by atoms with Crippen LogP contribution in [0.25, 0.3) is 0 Å². The van der Waals surface area contributed by atoms with Gasteiger partial charge in [-0.05, 0) is 25.0 Å². The molecule has 122 valence electrons. The average molecular weight is 307 g/mol. The van der Waals surface area contributed by atoms with Gasteiger partial charge in [0.25, 0.3) is 0 Å². The van der Waals surface area contributed by atoms with Gasteiger partial charge in [0, 0.05) is 18.7 Å². The summed E-state index contributed by atoms with van der Waals surface area (Å²) in [5, 5.41) is 9.56. The first-order chi connectivity index (χ1) is 10.4. The molecule has 1 aromatic carbocycles. The lowest BCUT2D eigenvalue weighted by molar-refractivity contribution is -0.154. The Morgan fingerprint density at radius 1 is 1.32 bits per heavy atom. The molecule has 1 heterocycles. The highest BCUT2D eigenvalue weighted by Gasteiger charge is 2.50. The number of amides is 1. The maximum absolute atomic E-state index is 12.3. The molecule has 1 unspecified atom stereocenters. The van der Waals surface area contributed by atoms with Crippen molar-refractivity contribution in [1.82, 2.24) is 0 Å². The van der Waals surface area contributed by atoms with Crippen LogP contribution in [-0.2, 0) is 14.3 Å². The zero-order valence-corrected chi connectivity index (χ0v) is 14.0. The second kappa shape index (κ2) is 7.40. The van der Waals surface area contributed by atoms with Crippen molar-refractivity contribution >= 4 is 17.6 Å². The number of hydrogen-bond donors (Lipinski definition) is 1. The Morgan fingerprint density at radius 3 is 2.32 bits per heavy atom. The maximum atomic E-state index is 12.3. The summed E-state index contributed by atoms with van der Waals surface area (Å²) in [5.41, 5.74) is 1.60. The fraction of sp³-hybridized carbons (Fsp3) is 0.529. The standard InChI is InChI=1S/C15H19NO4.C2H6/c1-10-5-4-6-11(2)13(10)16-8-15(9-17,7-12(16)18)14(19)20-3;1-2/h4-6,17H,7-9H2,1-3H3;1-2H3. The summed E-state index contributed by atoms with van der Waals surface area (Å²) in [6.07, 6.45) is -0.0239. The second-order valence-corrected chi connectivity index (χ2v) is 5.33. The van der Waals surface area contributed by atoms with Gasteiger partial charge in [-0.25, -0.2) is 0 Å². The van der Waals surface area contributed by atoms with Gasteiger partial charge in [-0.2, -0.15) is 0 Å². The molecule has 0 saturated carbocycles. The Morgan fingerprint density at radius 2 is 1.86 bits per heavy atom. The molecule has 5 nitrogen and oxygen atoms in total. The molecule has 0 aromatic heterocycles. The van der Waals surface area contributed by atoms with E-state index in [0.717, 1.165) is 16.8 Å². The third kappa shape index (κ3) is 3.14. The molecule has 22 heavy (non-hydrogen) atoms. The number of para-hydroxylation sites is 1. The molecular weight excluding hydrogens is 282 g/mol. The van der Waals surface area contributed by atoms with E-state index in [0.29, 0.717) is 0 Å². The fourth-order valence-electron chi connectivity index (χ4n) is 2.79. The lowest BCUT2D eigenvalue weighted by Gasteiger charge is -2.25. The van der Waals surface area contributed by atoms with Gasteiger partial charge in [-0.3, -0.25) is 9.59 Å². The van der Waals surface area contributed by atoms with Gasteiger partial charge in [0.15, 0.2) is 0 Å². The summed E-state index contributed by atoms with van der Waals surface area (Å²) in [4.78, 5) is 25.8. The van der Waals surface area contributed by atoms with Crippen LogP contribution in [0.2, 0.25) is 0 Å². The van der Waals surface area contributed by atoms with E-state index in [4.69, 9.17) is 4.74 Å². The Labute approximate surface area is 131 Å². The van der Waals surface area contributed by atoms with Crippen LogP contribution in [0, 0.1) is 19.3 Å². The number of rotatable bonds is 3. The topological polar surface area (TPSA) is 66.8 Å². The predicted molar refractivity (Wildman–Crippen MR) is 85.8 cm³/mol. The molecule has 1 aliphatic heterocycles. The molecule has 2 rings (SSSR count). The van der Waals surface area contributed by atoms with E-state index in [9.17, 15) is 14.7 Å². The van der Waals surface area contributed by atoms with Crippen LogP contribution in [0.4, 0.5) is 5.69 Å². The monoisotopic (exact) mass is 307 g/mol. The van der Waals surface area contributed by atoms with Crippen LogP contribution in [0.1, 0.15) is 31.4 Å². The molecule has 1 saturated heterocycles. The molecule has 1 fully saturated rings. The van der Waals surface area contributed by atoms with E-state index in [2.05, 4.69) is 0 Å². The van der Waals surface area contributed by atoms with Crippen molar-refractivity contribution in [1.29, 1.82) is 0 Å². The molecular formula is C17H25NO4. The summed E-state index contributed by atoms with van der Waals surface area (Å²) < 4.78 is 4.74. The van der Waals surface area contributed by atoms with Gasteiger partial charge in [0.1, 0.15) is 5.41 Å². The second-order valence-electron chi connectivity index (χ2n) is 5.33. The summed E-state index contributed by atoms with van der Waals surface area (Å²) >= 11 is 0. The molecule has 1 atom stereocenters. The number of methoxy groups -OCH3 is 1. The van der Waals surface area contributed by atoms with Crippen molar-refractivity contribution < 1.29 is 19.4 Å². The largest absolute Gasteiger partial charge is 0.468 e. The van der Waals surface area contributed by atoms with E-state index >= 15 is 0 Å². The van der Waals surface area contributed by atoms with Crippen molar-refractivity contribution in [2.45, 2.75) is 34.1 Å². The number of anilines is 1. The Bertz CT molecular complexity index is 535. The van der Waals surface area contributed by atoms with Crippen molar-refractivity contribution in [3.05, 3.63) is 29.3 Å². The number of carbonyl (C=O) groups excluding carboxylic acids is 2. The molecule has 0 bridgehead atoms. The van der Waals surface area contributed by atoms with Gasteiger partial charge < -0.3 is 14.7 Å². The SMILES string of the molecule is CC.COC(=O)C1(CO)CC(=O)N(c2c(C)cccc2C)C1. The van der Waals surface area contributed by atoms with E-state index in [1.54, 1.807) is 4.90 Å². The Hall–Kier alpha value is -1.88. The zero-order chi connectivity index (χ0) is 16.9. The number of aliphatic hydroxyl groups excluding tert-OH is 1. The molecule has 0 spiro atoms. The number of aryl methyl sites for hydroxylation is 2. The van der Waals surface area contributed by atoms with Crippen LogP contribution in [0.15, 0.2) is 18.2 Å². The number of benzene rings is 1. The first kappa shape index (κ1) is 18.2. The first-order valence-electron chi connectivity index (χ1n) is 7.51. The summed E-state index contributed by atoms with van der Waals surface area (Å²) in [6.45, 7) is 7.60. The summed E-state index contributed by atoms with van der Waals surface area (Å²) in [6, 6.07) is 5.77. The number of esters is 1. The van der Waals surface area contributed by atoms with Crippen LogP contribution in [0.3, 0.4) is 0 Å². The van der Waals surface area contributed by atoms with Crippen molar-refractivity contribution in [2.24, 2.45) is 5.41 Å². The van der Waals surface area contributed by atoms with Gasteiger partial charge in [-0.15, -0.1) is 0 Å². The smallest absolute Gasteiger partial charge is 0.316 e. The van der Waals surface area contributed by atoms with Crippen molar-refractivity contribution in [2.75, 3.05) is 25.2 Å². The fourth-order valence-corrected chi connectivity index (χ4v) is 2.79. The van der Waals surface area contributed by atoms with E-state index < -0.39 is 18.0 Å². The molecule has 5 heteroatoms. The zero-order valence-electron chi connectivity index (χ0n) is 14.0. The van der Waals surface area contributed by atoms with E-state index in [1.807, 2.05) is 45.9 Å². The van der Waals surface area contributed by atoms with E-state index in [1.165, 1.54) is 7.11 Å². The number of carbonyl (C=O) groups is 2. The number of nitrogens with zero attached hydrogens (tertiary/aromatic N) is 1. The first-order valence-corrected chi connectivity index (χ1v) is 7.51. The third-order valence-corrected chi connectivity index (χ3v) is 3.88. The minimum absolute atomic E-state index is 0.0239. The van der Waals surface area contributed by atoms with Crippen LogP contribution < -0.4 is 4.90 Å². The molecule has 1 amide bonds. The lowest BCUT2D eigenvalue weighted by Crippen LogP contribution is -2.39. The Kier molecular flexibility index (Phi) is 6.11. The number of aliphatic hydroxyl groups is 1. The van der Waals surface area contributed by atoms with Gasteiger partial charge in [0.2, 0.25) is 5.91 Å². The molecule has 0 aliphatic carbocycles. The summed E-state index contributed by atoms with van der Waals surface area (Å²) in [7, 11) is 1.27. The quantitative estimate of drug-likeness (QED) is 0.870. The average Bonchev–Trinajstić information content (AvgIpc) is 2.86. The van der Waals surface area contributed by atoms with E-state index in [-0.39, 0.29) is 18.9 Å². The highest BCUT2D eigenvalue weighted by atomic mass is 16.5. The third-order valence-electron chi connectivity index (χ3n) is 3.88. The minimum Gasteiger partial charge on any atom is -0.468 e. The van der Waals surface area contributed by atoms with Crippen LogP contribution in [-0.4, -0.2) is 37.2 Å². The summed E-state index contributed by atoms with van der Waals surface area (Å²) in [5.74, 6) is -0.705. The predicted octanol–water partition coefficient (Wildman–Crippen LogP) is 2.22.